The summed E-state index contributed by atoms with van der Waals surface area (Å²) in [6.45, 7) is 5.36. The number of hydrogen-bond donors (Lipinski definition) is 2. The van der Waals surface area contributed by atoms with Gasteiger partial charge in [-0.2, -0.15) is 0 Å². The number of aliphatic hydroxyl groups excluding tert-OH is 1. The smallest absolute Gasteiger partial charge is 0.0644 e. The van der Waals surface area contributed by atoms with Gasteiger partial charge in [0.2, 0.25) is 0 Å². The zero-order valence-electron chi connectivity index (χ0n) is 8.28. The highest BCUT2D eigenvalue weighted by atomic mass is 16.5. The van der Waals surface area contributed by atoms with E-state index < -0.39 is 0 Å². The molecule has 4 nitrogen and oxygen atoms in total. The molecule has 1 aliphatic rings. The van der Waals surface area contributed by atoms with Crippen molar-refractivity contribution in [2.24, 2.45) is 5.73 Å². The second-order valence-electron chi connectivity index (χ2n) is 3.58. The van der Waals surface area contributed by atoms with E-state index in [1.165, 1.54) is 0 Å². The van der Waals surface area contributed by atoms with E-state index in [1.54, 1.807) is 0 Å². The molecule has 1 rings (SSSR count). The lowest BCUT2D eigenvalue weighted by Crippen LogP contribution is -2.51. The summed E-state index contributed by atoms with van der Waals surface area (Å²) in [5.74, 6) is 0. The zero-order chi connectivity index (χ0) is 9.68. The SMILES string of the molecule is CC(CCN)N1CCOCC1CO. The van der Waals surface area contributed by atoms with E-state index in [2.05, 4.69) is 11.8 Å². The summed E-state index contributed by atoms with van der Waals surface area (Å²) in [6.07, 6.45) is 0.983. The lowest BCUT2D eigenvalue weighted by molar-refractivity contribution is -0.0448. The lowest BCUT2D eigenvalue weighted by Gasteiger charge is -2.38. The zero-order valence-corrected chi connectivity index (χ0v) is 8.28. The highest BCUT2D eigenvalue weighted by molar-refractivity contribution is 4.79. The van der Waals surface area contributed by atoms with Crippen LogP contribution in [0.2, 0.25) is 0 Å². The summed E-state index contributed by atoms with van der Waals surface area (Å²) >= 11 is 0. The topological polar surface area (TPSA) is 58.7 Å². The van der Waals surface area contributed by atoms with Crippen LogP contribution in [0.5, 0.6) is 0 Å². The highest BCUT2D eigenvalue weighted by Gasteiger charge is 2.25. The average molecular weight is 188 g/mol. The first-order valence-corrected chi connectivity index (χ1v) is 4.94. The monoisotopic (exact) mass is 188 g/mol. The molecule has 0 aromatic carbocycles. The van der Waals surface area contributed by atoms with Crippen molar-refractivity contribution in [1.82, 2.24) is 4.90 Å². The van der Waals surface area contributed by atoms with Crippen LogP contribution in [0.4, 0.5) is 0 Å². The van der Waals surface area contributed by atoms with E-state index in [0.717, 1.165) is 19.6 Å². The fourth-order valence-corrected chi connectivity index (χ4v) is 1.81. The van der Waals surface area contributed by atoms with Gasteiger partial charge in [0.1, 0.15) is 0 Å². The van der Waals surface area contributed by atoms with Crippen molar-refractivity contribution in [1.29, 1.82) is 0 Å². The number of nitrogens with two attached hydrogens (primary N) is 1. The van der Waals surface area contributed by atoms with Gasteiger partial charge in [-0.1, -0.05) is 0 Å². The first-order valence-electron chi connectivity index (χ1n) is 4.94. The second kappa shape index (κ2) is 5.54. The fraction of sp³-hybridized carbons (Fsp3) is 1.00. The molecule has 1 fully saturated rings. The maximum atomic E-state index is 9.13. The van der Waals surface area contributed by atoms with Gasteiger partial charge in [0.25, 0.3) is 0 Å². The van der Waals surface area contributed by atoms with Crippen molar-refractivity contribution < 1.29 is 9.84 Å². The third-order valence-corrected chi connectivity index (χ3v) is 2.63. The van der Waals surface area contributed by atoms with Crippen LogP contribution in [-0.2, 0) is 4.74 Å². The number of ether oxygens (including phenoxy) is 1. The second-order valence-corrected chi connectivity index (χ2v) is 3.58. The predicted octanol–water partition coefficient (Wildman–Crippen LogP) is -0.583. The summed E-state index contributed by atoms with van der Waals surface area (Å²) in [6, 6.07) is 0.612. The maximum absolute atomic E-state index is 9.13. The van der Waals surface area contributed by atoms with Gasteiger partial charge in [-0.15, -0.1) is 0 Å². The predicted molar refractivity (Wildman–Crippen MR) is 51.5 cm³/mol. The van der Waals surface area contributed by atoms with Gasteiger partial charge in [-0.3, -0.25) is 4.90 Å². The van der Waals surface area contributed by atoms with Crippen LogP contribution in [0.1, 0.15) is 13.3 Å². The molecule has 0 bridgehead atoms. The van der Waals surface area contributed by atoms with E-state index in [0.29, 0.717) is 19.2 Å². The minimum Gasteiger partial charge on any atom is -0.395 e. The fourth-order valence-electron chi connectivity index (χ4n) is 1.81. The van der Waals surface area contributed by atoms with Gasteiger partial charge >= 0.3 is 0 Å². The molecule has 1 saturated heterocycles. The minimum absolute atomic E-state index is 0.162. The molecule has 0 radical (unpaired) electrons. The Balaban J connectivity index is 2.43. The van der Waals surface area contributed by atoms with E-state index in [4.69, 9.17) is 15.6 Å². The maximum Gasteiger partial charge on any atom is 0.0644 e. The molecule has 0 aromatic rings. The number of nitrogens with zero attached hydrogens (tertiary/aromatic N) is 1. The van der Waals surface area contributed by atoms with Gasteiger partial charge in [-0.25, -0.2) is 0 Å². The molecule has 0 amide bonds. The highest BCUT2D eigenvalue weighted by Crippen LogP contribution is 2.12. The molecule has 78 valence electrons. The lowest BCUT2D eigenvalue weighted by atomic mass is 10.1. The Morgan fingerprint density at radius 1 is 1.69 bits per heavy atom. The molecule has 4 heteroatoms. The van der Waals surface area contributed by atoms with Gasteiger partial charge in [-0.05, 0) is 19.9 Å². The Kier molecular flexibility index (Phi) is 4.66. The standard InChI is InChI=1S/C9H20N2O2/c1-8(2-3-10)11-4-5-13-7-9(11)6-12/h8-9,12H,2-7,10H2,1H3. The van der Waals surface area contributed by atoms with Gasteiger partial charge in [0, 0.05) is 12.6 Å². The van der Waals surface area contributed by atoms with Crippen molar-refractivity contribution in [2.45, 2.75) is 25.4 Å². The number of rotatable bonds is 4. The Labute approximate surface area is 79.7 Å². The molecular formula is C9H20N2O2. The van der Waals surface area contributed by atoms with Crippen molar-refractivity contribution >= 4 is 0 Å². The molecule has 2 unspecified atom stereocenters. The van der Waals surface area contributed by atoms with E-state index in [-0.39, 0.29) is 12.6 Å². The van der Waals surface area contributed by atoms with Crippen LogP contribution in [0.3, 0.4) is 0 Å². The van der Waals surface area contributed by atoms with Crippen LogP contribution in [-0.4, -0.2) is 55.0 Å². The van der Waals surface area contributed by atoms with Crippen molar-refractivity contribution in [3.63, 3.8) is 0 Å². The normalized spacial score (nSPS) is 27.5. The molecular weight excluding hydrogens is 168 g/mol. The average Bonchev–Trinajstić information content (AvgIpc) is 2.18. The molecule has 0 aromatic heterocycles. The summed E-state index contributed by atoms with van der Waals surface area (Å²) in [7, 11) is 0. The Morgan fingerprint density at radius 2 is 2.46 bits per heavy atom. The molecule has 3 N–H and O–H groups in total. The van der Waals surface area contributed by atoms with Crippen LogP contribution in [0.15, 0.2) is 0 Å². The Hall–Kier alpha value is -0.160. The van der Waals surface area contributed by atoms with E-state index >= 15 is 0 Å². The van der Waals surface area contributed by atoms with Crippen LogP contribution in [0, 0.1) is 0 Å². The summed E-state index contributed by atoms with van der Waals surface area (Å²) in [5, 5.41) is 9.13. The molecule has 0 saturated carbocycles. The quantitative estimate of drug-likeness (QED) is 0.619. The molecule has 1 heterocycles. The van der Waals surface area contributed by atoms with Crippen molar-refractivity contribution in [2.75, 3.05) is 32.9 Å². The molecule has 0 aliphatic carbocycles. The first kappa shape index (κ1) is 10.9. The largest absolute Gasteiger partial charge is 0.395 e. The van der Waals surface area contributed by atoms with Crippen LogP contribution >= 0.6 is 0 Å². The van der Waals surface area contributed by atoms with Gasteiger partial charge < -0.3 is 15.6 Å². The molecule has 2 atom stereocenters. The van der Waals surface area contributed by atoms with Gasteiger partial charge in [0.15, 0.2) is 0 Å². The Bertz CT molecular complexity index is 144. The third-order valence-electron chi connectivity index (χ3n) is 2.63. The van der Waals surface area contributed by atoms with Crippen LogP contribution in [0.25, 0.3) is 0 Å². The molecule has 13 heavy (non-hydrogen) atoms. The molecule has 1 aliphatic heterocycles. The van der Waals surface area contributed by atoms with Crippen molar-refractivity contribution in [3.05, 3.63) is 0 Å². The minimum atomic E-state index is 0.162. The first-order chi connectivity index (χ1) is 6.29. The summed E-state index contributed by atoms with van der Waals surface area (Å²) in [5.41, 5.74) is 5.50. The van der Waals surface area contributed by atoms with Gasteiger partial charge in [0.05, 0.1) is 25.9 Å². The third kappa shape index (κ3) is 2.91. The van der Waals surface area contributed by atoms with Crippen molar-refractivity contribution in [3.8, 4) is 0 Å². The number of aliphatic hydroxyl groups is 1. The summed E-state index contributed by atoms with van der Waals surface area (Å²) < 4.78 is 5.30. The summed E-state index contributed by atoms with van der Waals surface area (Å²) in [4.78, 5) is 2.29. The Morgan fingerprint density at radius 3 is 3.08 bits per heavy atom. The van der Waals surface area contributed by atoms with E-state index in [9.17, 15) is 0 Å². The van der Waals surface area contributed by atoms with Crippen LogP contribution < -0.4 is 5.73 Å². The number of hydrogen-bond acceptors (Lipinski definition) is 4. The number of morpholine rings is 1. The molecule has 0 spiro atoms. The van der Waals surface area contributed by atoms with E-state index in [1.807, 2.05) is 0 Å².